The van der Waals surface area contributed by atoms with Gasteiger partial charge in [-0.25, -0.2) is 0 Å². The third-order valence-electron chi connectivity index (χ3n) is 2.26. The number of benzene rings is 1. The minimum Gasteiger partial charge on any atom is -0.366 e. The molecule has 0 fully saturated rings. The van der Waals surface area contributed by atoms with Gasteiger partial charge in [0.25, 0.3) is 0 Å². The normalized spacial score (nSPS) is 14.4. The Balaban J connectivity index is 1.92. The molecule has 1 aromatic carbocycles. The molecule has 3 N–H and O–H groups in total. The van der Waals surface area contributed by atoms with E-state index in [1.54, 1.807) is 23.9 Å². The number of carbonyl (C=O) groups excluding carboxylic acids is 1. The summed E-state index contributed by atoms with van der Waals surface area (Å²) in [4.78, 5) is 15.2. The summed E-state index contributed by atoms with van der Waals surface area (Å²) < 4.78 is 0. The van der Waals surface area contributed by atoms with Gasteiger partial charge in [-0.05, 0) is 17.7 Å². The van der Waals surface area contributed by atoms with E-state index in [9.17, 15) is 4.79 Å². The quantitative estimate of drug-likeness (QED) is 0.820. The van der Waals surface area contributed by atoms with E-state index in [0.29, 0.717) is 5.56 Å². The van der Waals surface area contributed by atoms with E-state index < -0.39 is 0 Å². The SMILES string of the molecule is NC(=O)c1ccc(CSC2=NCCN2)cc1. The number of primary amides is 1. The van der Waals surface area contributed by atoms with Crippen LogP contribution in [0.3, 0.4) is 0 Å². The van der Waals surface area contributed by atoms with E-state index in [4.69, 9.17) is 5.73 Å². The lowest BCUT2D eigenvalue weighted by atomic mass is 10.1. The van der Waals surface area contributed by atoms with E-state index in [0.717, 1.165) is 29.6 Å². The van der Waals surface area contributed by atoms with Crippen LogP contribution in [0.5, 0.6) is 0 Å². The molecule has 1 amide bonds. The zero-order chi connectivity index (χ0) is 11.4. The summed E-state index contributed by atoms with van der Waals surface area (Å²) in [5.74, 6) is 0.464. The van der Waals surface area contributed by atoms with Crippen LogP contribution in [0.1, 0.15) is 15.9 Å². The molecule has 4 nitrogen and oxygen atoms in total. The van der Waals surface area contributed by atoms with Crippen LogP contribution < -0.4 is 11.1 Å². The number of hydrogen-bond acceptors (Lipinski definition) is 4. The van der Waals surface area contributed by atoms with Crippen LogP contribution in [-0.4, -0.2) is 24.2 Å². The minimum absolute atomic E-state index is 0.388. The molecule has 0 bridgehead atoms. The highest BCUT2D eigenvalue weighted by Gasteiger charge is 2.06. The van der Waals surface area contributed by atoms with Gasteiger partial charge in [0.2, 0.25) is 5.91 Å². The third kappa shape index (κ3) is 2.76. The molecule has 0 radical (unpaired) electrons. The lowest BCUT2D eigenvalue weighted by Gasteiger charge is -2.03. The maximum absolute atomic E-state index is 10.9. The van der Waals surface area contributed by atoms with E-state index in [1.165, 1.54) is 0 Å². The number of nitrogens with one attached hydrogen (secondary N) is 1. The Morgan fingerprint density at radius 2 is 2.19 bits per heavy atom. The predicted octanol–water partition coefficient (Wildman–Crippen LogP) is 0.978. The average Bonchev–Trinajstić information content (AvgIpc) is 2.80. The van der Waals surface area contributed by atoms with Gasteiger partial charge in [-0.2, -0.15) is 0 Å². The Morgan fingerprint density at radius 3 is 2.75 bits per heavy atom. The second kappa shape index (κ2) is 5.03. The van der Waals surface area contributed by atoms with Gasteiger partial charge in [0, 0.05) is 17.9 Å². The van der Waals surface area contributed by atoms with Gasteiger partial charge in [0.05, 0.1) is 6.54 Å². The van der Waals surface area contributed by atoms with E-state index in [1.807, 2.05) is 12.1 Å². The molecule has 0 aliphatic carbocycles. The number of carbonyl (C=O) groups is 1. The van der Waals surface area contributed by atoms with Crippen molar-refractivity contribution in [2.24, 2.45) is 10.7 Å². The molecule has 0 aromatic heterocycles. The topological polar surface area (TPSA) is 67.5 Å². The lowest BCUT2D eigenvalue weighted by molar-refractivity contribution is 0.100. The number of thioether (sulfide) groups is 1. The van der Waals surface area contributed by atoms with Crippen molar-refractivity contribution in [2.45, 2.75) is 5.75 Å². The molecule has 16 heavy (non-hydrogen) atoms. The van der Waals surface area contributed by atoms with Crippen molar-refractivity contribution in [3.8, 4) is 0 Å². The number of nitrogens with two attached hydrogens (primary N) is 1. The van der Waals surface area contributed by atoms with Crippen LogP contribution in [-0.2, 0) is 5.75 Å². The van der Waals surface area contributed by atoms with Crippen molar-refractivity contribution in [2.75, 3.05) is 13.1 Å². The van der Waals surface area contributed by atoms with Crippen molar-refractivity contribution < 1.29 is 4.79 Å². The van der Waals surface area contributed by atoms with Crippen LogP contribution in [0.4, 0.5) is 0 Å². The van der Waals surface area contributed by atoms with Gasteiger partial charge < -0.3 is 11.1 Å². The molecule has 0 unspecified atom stereocenters. The number of amides is 1. The smallest absolute Gasteiger partial charge is 0.248 e. The first-order valence-electron chi connectivity index (χ1n) is 5.05. The van der Waals surface area contributed by atoms with Crippen molar-refractivity contribution in [1.29, 1.82) is 0 Å². The highest BCUT2D eigenvalue weighted by atomic mass is 32.2. The fourth-order valence-corrected chi connectivity index (χ4v) is 2.27. The number of aliphatic imine (C=N–C) groups is 1. The molecule has 0 atom stereocenters. The first-order chi connectivity index (χ1) is 7.75. The zero-order valence-electron chi connectivity index (χ0n) is 8.77. The van der Waals surface area contributed by atoms with Gasteiger partial charge in [-0.15, -0.1) is 0 Å². The van der Waals surface area contributed by atoms with Crippen molar-refractivity contribution in [3.63, 3.8) is 0 Å². The summed E-state index contributed by atoms with van der Waals surface area (Å²) in [5, 5.41) is 4.19. The highest BCUT2D eigenvalue weighted by molar-refractivity contribution is 8.13. The minimum atomic E-state index is -0.388. The molecule has 0 spiro atoms. The molecule has 5 heteroatoms. The summed E-state index contributed by atoms with van der Waals surface area (Å²) in [5.41, 5.74) is 6.87. The number of nitrogens with zero attached hydrogens (tertiary/aromatic N) is 1. The summed E-state index contributed by atoms with van der Waals surface area (Å²) >= 11 is 1.67. The second-order valence-corrected chi connectivity index (χ2v) is 4.43. The Morgan fingerprint density at radius 1 is 1.44 bits per heavy atom. The second-order valence-electron chi connectivity index (χ2n) is 3.46. The fourth-order valence-electron chi connectivity index (χ4n) is 1.39. The Kier molecular flexibility index (Phi) is 3.46. The first-order valence-corrected chi connectivity index (χ1v) is 6.04. The maximum Gasteiger partial charge on any atom is 0.248 e. The molecule has 2 rings (SSSR count). The first kappa shape index (κ1) is 11.0. The summed E-state index contributed by atoms with van der Waals surface area (Å²) in [6.07, 6.45) is 0. The van der Waals surface area contributed by atoms with Gasteiger partial charge in [-0.3, -0.25) is 9.79 Å². The highest BCUT2D eigenvalue weighted by Crippen LogP contribution is 2.14. The molecule has 1 aliphatic rings. The molecular formula is C11H13N3OS. The van der Waals surface area contributed by atoms with Gasteiger partial charge in [0.1, 0.15) is 0 Å². The van der Waals surface area contributed by atoms with Crippen LogP contribution in [0, 0.1) is 0 Å². The summed E-state index contributed by atoms with van der Waals surface area (Å²) in [6, 6.07) is 7.34. The molecule has 1 heterocycles. The van der Waals surface area contributed by atoms with Crippen LogP contribution in [0.15, 0.2) is 29.3 Å². The number of hydrogen-bond donors (Lipinski definition) is 2. The van der Waals surface area contributed by atoms with Crippen LogP contribution in [0.2, 0.25) is 0 Å². The number of rotatable bonds is 3. The molecule has 0 saturated heterocycles. The van der Waals surface area contributed by atoms with Crippen molar-refractivity contribution >= 4 is 22.8 Å². The Labute approximate surface area is 98.3 Å². The predicted molar refractivity (Wildman–Crippen MR) is 66.6 cm³/mol. The molecule has 0 saturated carbocycles. The zero-order valence-corrected chi connectivity index (χ0v) is 9.59. The largest absolute Gasteiger partial charge is 0.366 e. The van der Waals surface area contributed by atoms with Crippen LogP contribution >= 0.6 is 11.8 Å². The summed E-state index contributed by atoms with van der Waals surface area (Å²) in [6.45, 7) is 1.80. The fraction of sp³-hybridized carbons (Fsp3) is 0.273. The Hall–Kier alpha value is -1.49. The lowest BCUT2D eigenvalue weighted by Crippen LogP contribution is -2.15. The monoisotopic (exact) mass is 235 g/mol. The van der Waals surface area contributed by atoms with Crippen molar-refractivity contribution in [3.05, 3.63) is 35.4 Å². The maximum atomic E-state index is 10.9. The van der Waals surface area contributed by atoms with E-state index in [2.05, 4.69) is 10.3 Å². The molecule has 1 aromatic rings. The van der Waals surface area contributed by atoms with Crippen LogP contribution in [0.25, 0.3) is 0 Å². The average molecular weight is 235 g/mol. The van der Waals surface area contributed by atoms with Gasteiger partial charge in [-0.1, -0.05) is 23.9 Å². The van der Waals surface area contributed by atoms with Crippen molar-refractivity contribution in [1.82, 2.24) is 5.32 Å². The van der Waals surface area contributed by atoms with E-state index in [-0.39, 0.29) is 5.91 Å². The standard InChI is InChI=1S/C11H13N3OS/c12-10(15)9-3-1-8(2-4-9)7-16-11-13-5-6-14-11/h1-4H,5-7H2,(H2,12,15)(H,13,14). The molecule has 84 valence electrons. The molecule has 1 aliphatic heterocycles. The molecular weight excluding hydrogens is 222 g/mol. The van der Waals surface area contributed by atoms with Gasteiger partial charge in [0.15, 0.2) is 5.17 Å². The van der Waals surface area contributed by atoms with E-state index >= 15 is 0 Å². The summed E-state index contributed by atoms with van der Waals surface area (Å²) in [7, 11) is 0. The Bertz CT molecular complexity index is 414. The third-order valence-corrected chi connectivity index (χ3v) is 3.28. The number of amidine groups is 1. The van der Waals surface area contributed by atoms with Gasteiger partial charge >= 0.3 is 0 Å².